The van der Waals surface area contributed by atoms with Crippen molar-refractivity contribution in [2.75, 3.05) is 13.2 Å². The molecule has 0 aliphatic rings. The Morgan fingerprint density at radius 1 is 1.37 bits per heavy atom. The minimum absolute atomic E-state index is 0.0528. The highest BCUT2D eigenvalue weighted by Gasteiger charge is 2.40. The predicted octanol–water partition coefficient (Wildman–Crippen LogP) is 1.16. The maximum Gasteiger partial charge on any atom is 0.236 e. The topological polar surface area (TPSA) is 99.2 Å². The first-order valence-corrected chi connectivity index (χ1v) is 6.82. The van der Waals surface area contributed by atoms with E-state index >= 15 is 0 Å². The van der Waals surface area contributed by atoms with Gasteiger partial charge in [0.25, 0.3) is 0 Å². The zero-order valence-corrected chi connectivity index (χ0v) is 12.4. The molecule has 0 aliphatic heterocycles. The SMILES string of the molecule is CCC(CC)N(CCO)C(=O)C(C)(CC)C(N)=NO. The van der Waals surface area contributed by atoms with Gasteiger partial charge in [0.05, 0.1) is 6.61 Å². The van der Waals surface area contributed by atoms with Crippen LogP contribution in [0.1, 0.15) is 47.0 Å². The highest BCUT2D eigenvalue weighted by atomic mass is 16.4. The molecule has 0 bridgehead atoms. The third kappa shape index (κ3) is 3.83. The molecule has 0 aliphatic carbocycles. The lowest BCUT2D eigenvalue weighted by Crippen LogP contribution is -2.53. The first-order chi connectivity index (χ1) is 8.92. The predicted molar refractivity (Wildman–Crippen MR) is 75.0 cm³/mol. The van der Waals surface area contributed by atoms with Gasteiger partial charge in [-0.05, 0) is 26.2 Å². The smallest absolute Gasteiger partial charge is 0.236 e. The Labute approximate surface area is 115 Å². The molecule has 0 spiro atoms. The zero-order chi connectivity index (χ0) is 15.1. The minimum Gasteiger partial charge on any atom is -0.409 e. The number of amidine groups is 1. The van der Waals surface area contributed by atoms with E-state index in [0.29, 0.717) is 6.42 Å². The summed E-state index contributed by atoms with van der Waals surface area (Å²) in [6.07, 6.45) is 2.04. The number of hydrogen-bond donors (Lipinski definition) is 3. The van der Waals surface area contributed by atoms with Gasteiger partial charge in [-0.2, -0.15) is 0 Å². The van der Waals surface area contributed by atoms with E-state index < -0.39 is 5.41 Å². The van der Waals surface area contributed by atoms with Crippen molar-refractivity contribution in [2.24, 2.45) is 16.3 Å². The van der Waals surface area contributed by atoms with Crippen molar-refractivity contribution in [1.82, 2.24) is 4.90 Å². The van der Waals surface area contributed by atoms with Crippen molar-refractivity contribution >= 4 is 11.7 Å². The molecule has 19 heavy (non-hydrogen) atoms. The lowest BCUT2D eigenvalue weighted by Gasteiger charge is -2.37. The van der Waals surface area contributed by atoms with E-state index in [1.165, 1.54) is 0 Å². The highest BCUT2D eigenvalue weighted by molar-refractivity contribution is 6.06. The lowest BCUT2D eigenvalue weighted by molar-refractivity contribution is -0.141. The normalized spacial score (nSPS) is 15.4. The van der Waals surface area contributed by atoms with Gasteiger partial charge in [0.2, 0.25) is 5.91 Å². The molecule has 6 heteroatoms. The number of aliphatic hydroxyl groups is 1. The Bertz CT molecular complexity index is 316. The van der Waals surface area contributed by atoms with E-state index in [1.807, 2.05) is 20.8 Å². The summed E-state index contributed by atoms with van der Waals surface area (Å²) < 4.78 is 0. The molecule has 0 radical (unpaired) electrons. The Kier molecular flexibility index (Phi) is 7.44. The van der Waals surface area contributed by atoms with Crippen LogP contribution < -0.4 is 5.73 Å². The summed E-state index contributed by atoms with van der Waals surface area (Å²) >= 11 is 0. The summed E-state index contributed by atoms with van der Waals surface area (Å²) in [5.41, 5.74) is 4.63. The fourth-order valence-electron chi connectivity index (χ4n) is 2.16. The number of nitrogens with two attached hydrogens (primary N) is 1. The van der Waals surface area contributed by atoms with Crippen LogP contribution in [0.5, 0.6) is 0 Å². The monoisotopic (exact) mass is 273 g/mol. The number of rotatable bonds is 8. The van der Waals surface area contributed by atoms with E-state index in [4.69, 9.17) is 16.0 Å². The van der Waals surface area contributed by atoms with Gasteiger partial charge in [0, 0.05) is 12.6 Å². The van der Waals surface area contributed by atoms with E-state index in [9.17, 15) is 4.79 Å². The summed E-state index contributed by atoms with van der Waals surface area (Å²) in [4.78, 5) is 14.3. The molecule has 0 heterocycles. The van der Waals surface area contributed by atoms with E-state index in [0.717, 1.165) is 12.8 Å². The Morgan fingerprint density at radius 2 is 1.89 bits per heavy atom. The van der Waals surface area contributed by atoms with Gasteiger partial charge in [-0.15, -0.1) is 0 Å². The van der Waals surface area contributed by atoms with Crippen molar-refractivity contribution < 1.29 is 15.1 Å². The van der Waals surface area contributed by atoms with Crippen LogP contribution in [0.15, 0.2) is 5.16 Å². The van der Waals surface area contributed by atoms with Crippen LogP contribution in [0.3, 0.4) is 0 Å². The molecule has 1 atom stereocenters. The summed E-state index contributed by atoms with van der Waals surface area (Å²) in [6, 6.07) is 0.0528. The molecule has 6 nitrogen and oxygen atoms in total. The summed E-state index contributed by atoms with van der Waals surface area (Å²) in [5.74, 6) is -0.290. The molecule has 0 saturated carbocycles. The third-order valence-electron chi connectivity index (χ3n) is 3.84. The van der Waals surface area contributed by atoms with Crippen LogP contribution in [-0.2, 0) is 4.79 Å². The average Bonchev–Trinajstić information content (AvgIpc) is 2.44. The first-order valence-electron chi connectivity index (χ1n) is 6.82. The quantitative estimate of drug-likeness (QED) is 0.267. The lowest BCUT2D eigenvalue weighted by atomic mass is 9.83. The molecule has 0 aromatic carbocycles. The van der Waals surface area contributed by atoms with Gasteiger partial charge in [-0.25, -0.2) is 0 Å². The Hall–Kier alpha value is -1.30. The van der Waals surface area contributed by atoms with Crippen LogP contribution in [0, 0.1) is 5.41 Å². The molecule has 0 rings (SSSR count). The van der Waals surface area contributed by atoms with E-state index in [-0.39, 0.29) is 30.9 Å². The molecule has 0 aromatic heterocycles. The second-order valence-electron chi connectivity index (χ2n) is 4.86. The van der Waals surface area contributed by atoms with Crippen LogP contribution >= 0.6 is 0 Å². The molecule has 112 valence electrons. The van der Waals surface area contributed by atoms with Crippen LogP contribution in [0.25, 0.3) is 0 Å². The third-order valence-corrected chi connectivity index (χ3v) is 3.84. The minimum atomic E-state index is -1.04. The fourth-order valence-corrected chi connectivity index (χ4v) is 2.16. The largest absolute Gasteiger partial charge is 0.409 e. The first kappa shape index (κ1) is 17.7. The Morgan fingerprint density at radius 3 is 2.21 bits per heavy atom. The molecule has 0 saturated heterocycles. The highest BCUT2D eigenvalue weighted by Crippen LogP contribution is 2.26. The summed E-state index contributed by atoms with van der Waals surface area (Å²) in [7, 11) is 0. The number of nitrogens with zero attached hydrogens (tertiary/aromatic N) is 2. The second-order valence-corrected chi connectivity index (χ2v) is 4.86. The van der Waals surface area contributed by atoms with Crippen molar-refractivity contribution in [3.8, 4) is 0 Å². The number of oxime groups is 1. The number of carbonyl (C=O) groups excluding carboxylic acids is 1. The maximum atomic E-state index is 12.7. The number of hydrogen-bond acceptors (Lipinski definition) is 4. The fraction of sp³-hybridized carbons (Fsp3) is 0.846. The number of amides is 1. The van der Waals surface area contributed by atoms with Gasteiger partial charge >= 0.3 is 0 Å². The van der Waals surface area contributed by atoms with Crippen LogP contribution in [0.4, 0.5) is 0 Å². The molecule has 1 amide bonds. The number of aliphatic hydroxyl groups excluding tert-OH is 1. The maximum absolute atomic E-state index is 12.7. The number of carbonyl (C=O) groups is 1. The van der Waals surface area contributed by atoms with Gasteiger partial charge in [0.15, 0.2) is 5.84 Å². The summed E-state index contributed by atoms with van der Waals surface area (Å²) in [5, 5.41) is 21.0. The molecule has 0 aromatic rings. The standard InChI is InChI=1S/C13H27N3O3/c1-5-10(6-2)16(8-9-17)12(18)13(4,7-3)11(14)15-19/h10,17,19H,5-9H2,1-4H3,(H2,14,15). The molecular weight excluding hydrogens is 246 g/mol. The average molecular weight is 273 g/mol. The van der Waals surface area contributed by atoms with E-state index in [1.54, 1.807) is 11.8 Å². The van der Waals surface area contributed by atoms with Gasteiger partial charge in [-0.3, -0.25) is 4.79 Å². The van der Waals surface area contributed by atoms with Gasteiger partial charge < -0.3 is 20.9 Å². The van der Waals surface area contributed by atoms with Gasteiger partial charge in [0.1, 0.15) is 5.41 Å². The van der Waals surface area contributed by atoms with E-state index in [2.05, 4.69) is 5.16 Å². The second kappa shape index (κ2) is 7.99. The molecule has 0 fully saturated rings. The van der Waals surface area contributed by atoms with Crippen molar-refractivity contribution in [1.29, 1.82) is 0 Å². The Balaban J connectivity index is 5.38. The van der Waals surface area contributed by atoms with Crippen LogP contribution in [0.2, 0.25) is 0 Å². The summed E-state index contributed by atoms with van der Waals surface area (Å²) in [6.45, 7) is 7.64. The van der Waals surface area contributed by atoms with Crippen LogP contribution in [-0.4, -0.2) is 46.1 Å². The molecule has 4 N–H and O–H groups in total. The molecule has 1 unspecified atom stereocenters. The van der Waals surface area contributed by atoms with Crippen molar-refractivity contribution in [2.45, 2.75) is 53.0 Å². The van der Waals surface area contributed by atoms with Gasteiger partial charge in [-0.1, -0.05) is 25.9 Å². The van der Waals surface area contributed by atoms with Crippen molar-refractivity contribution in [3.05, 3.63) is 0 Å². The molecular formula is C13H27N3O3. The van der Waals surface area contributed by atoms with Crippen molar-refractivity contribution in [3.63, 3.8) is 0 Å². The zero-order valence-electron chi connectivity index (χ0n) is 12.4.